The second kappa shape index (κ2) is 9.46. The fourth-order valence-electron chi connectivity index (χ4n) is 5.30. The van der Waals surface area contributed by atoms with E-state index in [0.717, 1.165) is 30.5 Å². The van der Waals surface area contributed by atoms with Gasteiger partial charge in [0.15, 0.2) is 11.2 Å². The quantitative estimate of drug-likeness (QED) is 0.353. The molecular formula is C25H26ClN9O3. The van der Waals surface area contributed by atoms with Gasteiger partial charge in [0.1, 0.15) is 18.0 Å². The summed E-state index contributed by atoms with van der Waals surface area (Å²) in [7, 11) is 0. The minimum atomic E-state index is -0.671. The number of halogens is 1. The van der Waals surface area contributed by atoms with Gasteiger partial charge in [-0.05, 0) is 38.0 Å². The molecule has 0 aliphatic carbocycles. The molecule has 38 heavy (non-hydrogen) atoms. The molecule has 2 aliphatic rings. The van der Waals surface area contributed by atoms with Crippen molar-refractivity contribution in [1.29, 1.82) is 0 Å². The number of rotatable bonds is 4. The topological polar surface area (TPSA) is 157 Å². The van der Waals surface area contributed by atoms with E-state index in [-0.39, 0.29) is 39.4 Å². The summed E-state index contributed by atoms with van der Waals surface area (Å²) < 4.78 is 6.77. The highest BCUT2D eigenvalue weighted by atomic mass is 35.5. The fraction of sp³-hybridized carbons (Fsp3) is 0.360. The number of benzene rings is 1. The van der Waals surface area contributed by atoms with Crippen molar-refractivity contribution in [3.63, 3.8) is 0 Å². The van der Waals surface area contributed by atoms with Crippen LogP contribution >= 0.6 is 11.6 Å². The number of nitrogens with two attached hydrogens (primary N) is 1. The molecule has 0 saturated carbocycles. The Morgan fingerprint density at radius 2 is 2.03 bits per heavy atom. The zero-order chi connectivity index (χ0) is 26.4. The third-order valence-electron chi connectivity index (χ3n) is 7.59. The summed E-state index contributed by atoms with van der Waals surface area (Å²) in [6.45, 7) is 4.14. The molecule has 4 aromatic rings. The lowest BCUT2D eigenvalue weighted by Crippen LogP contribution is -2.50. The molecule has 0 amide bonds. The lowest BCUT2D eigenvalue weighted by molar-refractivity contribution is 0.0974. The number of piperidine rings is 1. The largest absolute Gasteiger partial charge is 0.376 e. The van der Waals surface area contributed by atoms with E-state index in [1.165, 1.54) is 6.33 Å². The van der Waals surface area contributed by atoms with Crippen LogP contribution in [0.5, 0.6) is 0 Å². The van der Waals surface area contributed by atoms with E-state index >= 15 is 0 Å². The maximum absolute atomic E-state index is 13.4. The molecule has 2 aliphatic heterocycles. The zero-order valence-electron chi connectivity index (χ0n) is 20.6. The first-order valence-electron chi connectivity index (χ1n) is 12.3. The van der Waals surface area contributed by atoms with E-state index in [0.29, 0.717) is 23.9 Å². The predicted octanol–water partition coefficient (Wildman–Crippen LogP) is 1.99. The molecule has 0 bridgehead atoms. The van der Waals surface area contributed by atoms with Gasteiger partial charge in [0, 0.05) is 30.7 Å². The van der Waals surface area contributed by atoms with Crippen LogP contribution < -0.4 is 27.2 Å². The van der Waals surface area contributed by atoms with Crippen LogP contribution in [0.2, 0.25) is 5.02 Å². The van der Waals surface area contributed by atoms with Gasteiger partial charge >= 0.3 is 5.69 Å². The SMILES string of the molecule is C[C@@H]1OCC2(CCN(c3cnc4c(=O)n(-c5cccc(Nc6ccncn6)c5Cl)c(=O)[nH]c4n3)CC2)[C@@H]1N. The van der Waals surface area contributed by atoms with Gasteiger partial charge in [-0.3, -0.25) is 9.78 Å². The number of ether oxygens (including phenoxy) is 1. The molecule has 6 rings (SSSR count). The van der Waals surface area contributed by atoms with Crippen molar-refractivity contribution in [3.05, 3.63) is 68.8 Å². The molecule has 2 saturated heterocycles. The van der Waals surface area contributed by atoms with Gasteiger partial charge in [0.05, 0.1) is 35.3 Å². The first kappa shape index (κ1) is 24.5. The monoisotopic (exact) mass is 535 g/mol. The first-order valence-corrected chi connectivity index (χ1v) is 12.7. The molecule has 196 valence electrons. The van der Waals surface area contributed by atoms with Crippen molar-refractivity contribution in [1.82, 2.24) is 29.5 Å². The first-order chi connectivity index (χ1) is 18.4. The number of aromatic nitrogens is 6. The van der Waals surface area contributed by atoms with Crippen LogP contribution in [0.4, 0.5) is 17.3 Å². The number of nitrogens with zero attached hydrogens (tertiary/aromatic N) is 6. The third kappa shape index (κ3) is 4.10. The number of fused-ring (bicyclic) bond motifs is 1. The van der Waals surface area contributed by atoms with Gasteiger partial charge in [-0.15, -0.1) is 0 Å². The molecule has 5 heterocycles. The van der Waals surface area contributed by atoms with Crippen molar-refractivity contribution >= 4 is 40.1 Å². The molecule has 12 nitrogen and oxygen atoms in total. The van der Waals surface area contributed by atoms with Gasteiger partial charge in [-0.1, -0.05) is 17.7 Å². The Balaban J connectivity index is 1.31. The minimum absolute atomic E-state index is 0.00338. The number of hydrogen-bond acceptors (Lipinski definition) is 10. The molecule has 4 N–H and O–H groups in total. The summed E-state index contributed by atoms with van der Waals surface area (Å²) in [6.07, 6.45) is 6.33. The zero-order valence-corrected chi connectivity index (χ0v) is 21.4. The highest BCUT2D eigenvalue weighted by molar-refractivity contribution is 6.35. The van der Waals surface area contributed by atoms with Crippen LogP contribution in [-0.4, -0.2) is 61.3 Å². The van der Waals surface area contributed by atoms with Crippen LogP contribution in [0.1, 0.15) is 19.8 Å². The van der Waals surface area contributed by atoms with Crippen molar-refractivity contribution in [2.24, 2.45) is 11.1 Å². The Hall–Kier alpha value is -3.87. The van der Waals surface area contributed by atoms with Crippen molar-refractivity contribution in [2.75, 3.05) is 29.9 Å². The molecule has 13 heteroatoms. The smallest absolute Gasteiger partial charge is 0.334 e. The van der Waals surface area contributed by atoms with Gasteiger partial charge in [0.25, 0.3) is 5.56 Å². The van der Waals surface area contributed by atoms with Gasteiger partial charge < -0.3 is 20.7 Å². The van der Waals surface area contributed by atoms with E-state index in [2.05, 4.69) is 35.1 Å². The fourth-order valence-corrected chi connectivity index (χ4v) is 5.55. The van der Waals surface area contributed by atoms with E-state index in [4.69, 9.17) is 22.1 Å². The van der Waals surface area contributed by atoms with Crippen molar-refractivity contribution < 1.29 is 4.74 Å². The highest BCUT2D eigenvalue weighted by Crippen LogP contribution is 2.41. The van der Waals surface area contributed by atoms with Crippen LogP contribution in [-0.2, 0) is 4.74 Å². The number of nitrogens with one attached hydrogen (secondary N) is 2. The summed E-state index contributed by atoms with van der Waals surface area (Å²) >= 11 is 6.61. The summed E-state index contributed by atoms with van der Waals surface area (Å²) in [5.74, 6) is 1.10. The molecule has 1 spiro atoms. The highest BCUT2D eigenvalue weighted by Gasteiger charge is 2.47. The van der Waals surface area contributed by atoms with Crippen LogP contribution in [0, 0.1) is 5.41 Å². The number of H-pyrrole nitrogens is 1. The van der Waals surface area contributed by atoms with Gasteiger partial charge in [-0.2, -0.15) is 0 Å². The van der Waals surface area contributed by atoms with Crippen LogP contribution in [0.25, 0.3) is 16.9 Å². The Bertz CT molecular complexity index is 1620. The lowest BCUT2D eigenvalue weighted by Gasteiger charge is -2.41. The number of aromatic amines is 1. The maximum Gasteiger partial charge on any atom is 0.334 e. The van der Waals surface area contributed by atoms with Crippen molar-refractivity contribution in [3.8, 4) is 5.69 Å². The van der Waals surface area contributed by atoms with E-state index in [1.807, 2.05) is 6.92 Å². The summed E-state index contributed by atoms with van der Waals surface area (Å²) in [5, 5.41) is 3.24. The van der Waals surface area contributed by atoms with E-state index < -0.39 is 11.2 Å². The molecule has 2 fully saturated rings. The Morgan fingerprint density at radius 3 is 2.74 bits per heavy atom. The minimum Gasteiger partial charge on any atom is -0.376 e. The lowest BCUT2D eigenvalue weighted by atomic mass is 9.73. The van der Waals surface area contributed by atoms with Crippen molar-refractivity contribution in [2.45, 2.75) is 31.9 Å². The van der Waals surface area contributed by atoms with Crippen LogP contribution in [0.15, 0.2) is 52.6 Å². The van der Waals surface area contributed by atoms with Crippen LogP contribution in [0.3, 0.4) is 0 Å². The van der Waals surface area contributed by atoms with E-state index in [9.17, 15) is 9.59 Å². The second-order valence-electron chi connectivity index (χ2n) is 9.75. The maximum atomic E-state index is 13.4. The predicted molar refractivity (Wildman–Crippen MR) is 143 cm³/mol. The average molecular weight is 536 g/mol. The molecule has 0 radical (unpaired) electrons. The molecule has 2 atom stereocenters. The number of hydrogen-bond donors (Lipinski definition) is 3. The standard InChI is InChI=1S/C25H26ClN9O3/c1-14-21(27)25(12-38-14)6-9-34(10-7-25)18-11-29-20-22(32-18)33-24(37)35(23(20)36)16-4-2-3-15(19(16)26)31-17-5-8-28-13-30-17/h2-5,8,11,13-14,21H,6-7,9-10,12,27H2,1H3,(H,28,30,31)(H,32,33,37)/t14-,21+/m0/s1. The van der Waals surface area contributed by atoms with E-state index in [1.54, 1.807) is 36.7 Å². The molecule has 1 aromatic carbocycles. The summed E-state index contributed by atoms with van der Waals surface area (Å²) in [6, 6.07) is 6.65. The Kier molecular flexibility index (Phi) is 6.09. The van der Waals surface area contributed by atoms with Gasteiger partial charge in [0.2, 0.25) is 0 Å². The average Bonchev–Trinajstić information content (AvgIpc) is 3.20. The Labute approximate surface area is 221 Å². The molecular weight excluding hydrogens is 510 g/mol. The molecule has 3 aromatic heterocycles. The summed E-state index contributed by atoms with van der Waals surface area (Å²) in [5.41, 5.74) is 5.94. The van der Waals surface area contributed by atoms with Gasteiger partial charge in [-0.25, -0.2) is 29.3 Å². The number of anilines is 3. The third-order valence-corrected chi connectivity index (χ3v) is 7.98. The second-order valence-corrected chi connectivity index (χ2v) is 10.1. The molecule has 0 unspecified atom stereocenters. The normalized spacial score (nSPS) is 20.8. The Morgan fingerprint density at radius 1 is 1.21 bits per heavy atom. The summed E-state index contributed by atoms with van der Waals surface area (Å²) in [4.78, 5) is 48.2.